The van der Waals surface area contributed by atoms with Gasteiger partial charge in [0.2, 0.25) is 0 Å². The van der Waals surface area contributed by atoms with Gasteiger partial charge in [-0.25, -0.2) is 4.98 Å². The van der Waals surface area contributed by atoms with Crippen molar-refractivity contribution in [3.05, 3.63) is 30.4 Å². The minimum Gasteiger partial charge on any atom is -0.495 e. The molecule has 15 heavy (non-hydrogen) atoms. The molecular weight excluding hydrogens is 192 g/mol. The molecule has 1 aromatic heterocycles. The summed E-state index contributed by atoms with van der Waals surface area (Å²) in [6, 6.07) is 0. The lowest BCUT2D eigenvalue weighted by molar-refractivity contribution is 0.175. The van der Waals surface area contributed by atoms with Gasteiger partial charge in [0.15, 0.2) is 0 Å². The van der Waals surface area contributed by atoms with Crippen molar-refractivity contribution in [2.75, 3.05) is 14.2 Å². The minimum absolute atomic E-state index is 0.453. The van der Waals surface area contributed by atoms with Crippen LogP contribution in [0.15, 0.2) is 13.2 Å². The SMILES string of the molecule is C=Cc1nc(COC)n(C)c1C(=C)OC. The average molecular weight is 208 g/mol. The third-order valence-electron chi connectivity index (χ3n) is 2.19. The molecule has 4 heteroatoms. The Morgan fingerprint density at radius 3 is 2.67 bits per heavy atom. The maximum Gasteiger partial charge on any atom is 0.137 e. The quantitative estimate of drug-likeness (QED) is 0.692. The molecule has 0 aliphatic rings. The third kappa shape index (κ3) is 2.10. The molecule has 0 aliphatic carbocycles. The van der Waals surface area contributed by atoms with Crippen molar-refractivity contribution in [3.8, 4) is 0 Å². The minimum atomic E-state index is 0.453. The van der Waals surface area contributed by atoms with Gasteiger partial charge in [0, 0.05) is 14.2 Å². The second-order valence-corrected chi connectivity index (χ2v) is 3.09. The normalized spacial score (nSPS) is 10.1. The van der Waals surface area contributed by atoms with Crippen LogP contribution in [-0.2, 0) is 23.1 Å². The van der Waals surface area contributed by atoms with Gasteiger partial charge in [-0.1, -0.05) is 13.2 Å². The maximum atomic E-state index is 5.11. The zero-order valence-electron chi connectivity index (χ0n) is 9.41. The highest BCUT2D eigenvalue weighted by Gasteiger charge is 2.15. The van der Waals surface area contributed by atoms with Crippen LogP contribution in [0.4, 0.5) is 0 Å². The van der Waals surface area contributed by atoms with E-state index in [9.17, 15) is 0 Å². The first-order valence-electron chi connectivity index (χ1n) is 4.55. The lowest BCUT2D eigenvalue weighted by Gasteiger charge is -2.07. The highest BCUT2D eigenvalue weighted by Crippen LogP contribution is 2.20. The molecule has 0 radical (unpaired) electrons. The molecule has 4 nitrogen and oxygen atoms in total. The van der Waals surface area contributed by atoms with Crippen LogP contribution in [0.3, 0.4) is 0 Å². The molecular formula is C11H16N2O2. The molecule has 0 spiro atoms. The molecule has 0 fully saturated rings. The Kier molecular flexibility index (Phi) is 3.68. The molecule has 82 valence electrons. The van der Waals surface area contributed by atoms with Crippen molar-refractivity contribution in [2.24, 2.45) is 7.05 Å². The summed E-state index contributed by atoms with van der Waals surface area (Å²) in [4.78, 5) is 4.37. The Bertz CT molecular complexity index is 380. The zero-order valence-corrected chi connectivity index (χ0v) is 9.41. The van der Waals surface area contributed by atoms with Gasteiger partial charge >= 0.3 is 0 Å². The van der Waals surface area contributed by atoms with E-state index in [-0.39, 0.29) is 0 Å². The van der Waals surface area contributed by atoms with Crippen molar-refractivity contribution in [1.29, 1.82) is 0 Å². The number of rotatable bonds is 5. The topological polar surface area (TPSA) is 36.3 Å². The summed E-state index contributed by atoms with van der Waals surface area (Å²) in [7, 11) is 5.11. The van der Waals surface area contributed by atoms with Crippen molar-refractivity contribution in [1.82, 2.24) is 9.55 Å². The Morgan fingerprint density at radius 2 is 2.20 bits per heavy atom. The summed E-state index contributed by atoms with van der Waals surface area (Å²) in [5.41, 5.74) is 1.59. The van der Waals surface area contributed by atoms with Crippen LogP contribution < -0.4 is 0 Å². The van der Waals surface area contributed by atoms with Crippen LogP contribution in [0.1, 0.15) is 17.2 Å². The van der Waals surface area contributed by atoms with Crippen molar-refractivity contribution in [3.63, 3.8) is 0 Å². The van der Waals surface area contributed by atoms with Crippen LogP contribution in [0.5, 0.6) is 0 Å². The van der Waals surface area contributed by atoms with Gasteiger partial charge in [0.25, 0.3) is 0 Å². The summed E-state index contributed by atoms with van der Waals surface area (Å²) >= 11 is 0. The molecule has 0 saturated carbocycles. The fourth-order valence-corrected chi connectivity index (χ4v) is 1.39. The standard InChI is InChI=1S/C11H16N2O2/c1-6-9-11(8(2)15-5)13(3)10(12-9)7-14-4/h6H,1-2,7H2,3-5H3. The fraction of sp³-hybridized carbons (Fsp3) is 0.364. The van der Waals surface area contributed by atoms with Crippen LogP contribution in [0.2, 0.25) is 0 Å². The van der Waals surface area contributed by atoms with Gasteiger partial charge in [-0.15, -0.1) is 0 Å². The fourth-order valence-electron chi connectivity index (χ4n) is 1.39. The van der Waals surface area contributed by atoms with Gasteiger partial charge < -0.3 is 14.0 Å². The van der Waals surface area contributed by atoms with E-state index in [2.05, 4.69) is 18.1 Å². The summed E-state index contributed by atoms with van der Waals surface area (Å²) in [6.07, 6.45) is 1.68. The summed E-state index contributed by atoms with van der Waals surface area (Å²) in [5, 5.41) is 0. The molecule has 0 saturated heterocycles. The van der Waals surface area contributed by atoms with E-state index in [1.54, 1.807) is 20.3 Å². The van der Waals surface area contributed by atoms with E-state index in [4.69, 9.17) is 9.47 Å². The Hall–Kier alpha value is -1.55. The zero-order chi connectivity index (χ0) is 11.4. The third-order valence-corrected chi connectivity index (χ3v) is 2.19. The molecule has 0 N–H and O–H groups in total. The number of aromatic nitrogens is 2. The molecule has 0 atom stereocenters. The van der Waals surface area contributed by atoms with Crippen LogP contribution in [0.25, 0.3) is 11.8 Å². The first kappa shape index (κ1) is 11.5. The molecule has 0 unspecified atom stereocenters. The summed E-state index contributed by atoms with van der Waals surface area (Å²) in [5.74, 6) is 1.39. The molecule has 1 aromatic rings. The van der Waals surface area contributed by atoms with Gasteiger partial charge in [-0.2, -0.15) is 0 Å². The molecule has 0 amide bonds. The van der Waals surface area contributed by atoms with Gasteiger partial charge in [-0.05, 0) is 6.08 Å². The Balaban J connectivity index is 3.22. The lowest BCUT2D eigenvalue weighted by Crippen LogP contribution is -2.03. The van der Waals surface area contributed by atoms with E-state index in [1.165, 1.54) is 0 Å². The first-order valence-corrected chi connectivity index (χ1v) is 4.55. The van der Waals surface area contributed by atoms with Gasteiger partial charge in [-0.3, -0.25) is 0 Å². The average Bonchev–Trinajstić information content (AvgIpc) is 2.55. The number of imidazole rings is 1. The van der Waals surface area contributed by atoms with Crippen molar-refractivity contribution < 1.29 is 9.47 Å². The number of hydrogen-bond acceptors (Lipinski definition) is 3. The number of ether oxygens (including phenoxy) is 2. The Labute approximate surface area is 89.8 Å². The lowest BCUT2D eigenvalue weighted by atomic mass is 10.3. The first-order chi connectivity index (χ1) is 7.15. The molecule has 0 bridgehead atoms. The van der Waals surface area contributed by atoms with Crippen molar-refractivity contribution >= 4 is 11.8 Å². The second-order valence-electron chi connectivity index (χ2n) is 3.09. The van der Waals surface area contributed by atoms with E-state index < -0.39 is 0 Å². The largest absolute Gasteiger partial charge is 0.495 e. The van der Waals surface area contributed by atoms with Crippen LogP contribution >= 0.6 is 0 Å². The second kappa shape index (κ2) is 4.79. The highest BCUT2D eigenvalue weighted by atomic mass is 16.5. The van der Waals surface area contributed by atoms with Crippen molar-refractivity contribution in [2.45, 2.75) is 6.61 Å². The molecule has 0 aliphatic heterocycles. The van der Waals surface area contributed by atoms with E-state index in [1.807, 2.05) is 11.6 Å². The highest BCUT2D eigenvalue weighted by molar-refractivity contribution is 5.64. The molecule has 0 aromatic carbocycles. The van der Waals surface area contributed by atoms with E-state index in [0.717, 1.165) is 17.2 Å². The smallest absolute Gasteiger partial charge is 0.137 e. The number of methoxy groups -OCH3 is 2. The maximum absolute atomic E-state index is 5.11. The van der Waals surface area contributed by atoms with Gasteiger partial charge in [0.1, 0.15) is 23.9 Å². The van der Waals surface area contributed by atoms with Crippen LogP contribution in [0, 0.1) is 0 Å². The summed E-state index contributed by atoms with van der Waals surface area (Å²) < 4.78 is 12.0. The monoisotopic (exact) mass is 208 g/mol. The van der Waals surface area contributed by atoms with E-state index >= 15 is 0 Å². The van der Waals surface area contributed by atoms with Crippen LogP contribution in [-0.4, -0.2) is 23.8 Å². The predicted octanol–water partition coefficient (Wildman–Crippen LogP) is 1.83. The number of hydrogen-bond donors (Lipinski definition) is 0. The van der Waals surface area contributed by atoms with Gasteiger partial charge in [0.05, 0.1) is 12.8 Å². The molecule has 1 rings (SSSR count). The summed E-state index contributed by atoms with van der Waals surface area (Å²) in [6.45, 7) is 7.98. The molecule has 1 heterocycles. The Morgan fingerprint density at radius 1 is 1.53 bits per heavy atom. The predicted molar refractivity (Wildman–Crippen MR) is 60.1 cm³/mol. The number of nitrogens with zero attached hydrogens (tertiary/aromatic N) is 2. The van der Waals surface area contributed by atoms with E-state index in [0.29, 0.717) is 12.4 Å².